The molecular weight excluding hydrogens is 519 g/mol. The number of nitrogens with zero attached hydrogens (tertiary/aromatic N) is 1. The Labute approximate surface area is 253 Å². The number of hydrogen-bond donors (Lipinski definition) is 2. The summed E-state index contributed by atoms with van der Waals surface area (Å²) >= 11 is 1.53. The molecule has 0 fully saturated rings. The number of ether oxygens (including phenoxy) is 1. The fourth-order valence-electron chi connectivity index (χ4n) is 3.93. The molecule has 1 amide bonds. The molecule has 0 aliphatic carbocycles. The zero-order valence-corrected chi connectivity index (χ0v) is 24.7. The average Bonchev–Trinajstić information content (AvgIpc) is 2.89. The van der Waals surface area contributed by atoms with Crippen LogP contribution in [0.15, 0.2) is 60.8 Å². The van der Waals surface area contributed by atoms with E-state index in [0.717, 1.165) is 16.7 Å². The van der Waals surface area contributed by atoms with Crippen molar-refractivity contribution in [3.63, 3.8) is 0 Å². The molecule has 1 atom stereocenters. The average molecular weight is 555 g/mol. The number of amides is 1. The molecule has 2 aromatic carbocycles. The Bertz CT molecular complexity index is 1390. The summed E-state index contributed by atoms with van der Waals surface area (Å²) < 4.78 is 5.50. The number of carbonyl (C=O) groups excluding carboxylic acids is 2. The molecule has 1 heterocycles. The molecule has 1 unspecified atom stereocenters. The first-order valence-electron chi connectivity index (χ1n) is 12.6. The van der Waals surface area contributed by atoms with E-state index in [0.29, 0.717) is 28.9 Å². The van der Waals surface area contributed by atoms with Gasteiger partial charge in [0, 0.05) is 17.3 Å². The second-order valence-electron chi connectivity index (χ2n) is 10.0. The van der Waals surface area contributed by atoms with Crippen LogP contribution in [0.1, 0.15) is 66.2 Å². The van der Waals surface area contributed by atoms with E-state index in [2.05, 4.69) is 10.3 Å². The normalized spacial score (nSPS) is 11.9. The van der Waals surface area contributed by atoms with Crippen LogP contribution in [0.25, 0.3) is 23.3 Å². The Morgan fingerprint density at radius 3 is 2.45 bits per heavy atom. The number of carboxylic acid groups (broad SMARTS) is 1. The summed E-state index contributed by atoms with van der Waals surface area (Å²) in [6.07, 6.45) is 7.39. The number of pyridine rings is 1. The predicted octanol–water partition coefficient (Wildman–Crippen LogP) is 3.24. The summed E-state index contributed by atoms with van der Waals surface area (Å²) in [6.45, 7) is 7.36. The molecule has 0 aliphatic rings. The van der Waals surface area contributed by atoms with Gasteiger partial charge in [0.05, 0.1) is 0 Å². The van der Waals surface area contributed by atoms with Crippen LogP contribution in [-0.2, 0) is 9.53 Å². The Morgan fingerprint density at radius 1 is 1.07 bits per heavy atom. The van der Waals surface area contributed by atoms with Gasteiger partial charge >= 0.3 is 30.8 Å². The van der Waals surface area contributed by atoms with Crippen LogP contribution in [0.5, 0.6) is 0 Å². The van der Waals surface area contributed by atoms with Crippen molar-refractivity contribution in [3.8, 4) is 11.1 Å². The third kappa shape index (κ3) is 9.12. The van der Waals surface area contributed by atoms with Crippen molar-refractivity contribution < 1.29 is 44.5 Å². The Morgan fingerprint density at radius 2 is 1.80 bits per heavy atom. The molecule has 3 rings (SSSR count). The molecular formula is C31H35LiN2O5S. The number of aryl methyl sites for hydroxylation is 1. The van der Waals surface area contributed by atoms with Gasteiger partial charge in [-0.1, -0.05) is 48.6 Å². The van der Waals surface area contributed by atoms with Crippen LogP contribution in [0, 0.1) is 6.92 Å². The maximum Gasteiger partial charge on any atom is 1.00 e. The molecule has 0 radical (unpaired) electrons. The predicted molar refractivity (Wildman–Crippen MR) is 158 cm³/mol. The molecule has 7 nitrogen and oxygen atoms in total. The van der Waals surface area contributed by atoms with Crippen molar-refractivity contribution in [2.24, 2.45) is 0 Å². The molecule has 0 aliphatic heterocycles. The number of benzene rings is 2. The van der Waals surface area contributed by atoms with Crippen LogP contribution in [-0.4, -0.2) is 51.6 Å². The SMILES string of the molecule is CSCCC(NC(=O)c1ccc(C=Cc2cccnc2C(=O)OC(C)(C)C)cc1-c1ccccc1C)C(=O)O.[H-].[Li+]. The third-order valence-electron chi connectivity index (χ3n) is 5.82. The largest absolute Gasteiger partial charge is 1.00 e. The van der Waals surface area contributed by atoms with E-state index in [-0.39, 0.29) is 26.0 Å². The molecule has 2 N–H and O–H groups in total. The zero-order valence-electron chi connectivity index (χ0n) is 24.9. The van der Waals surface area contributed by atoms with Crippen molar-refractivity contribution in [1.82, 2.24) is 10.3 Å². The second-order valence-corrected chi connectivity index (χ2v) is 11.0. The second kappa shape index (κ2) is 14.9. The number of thioether (sulfide) groups is 1. The summed E-state index contributed by atoms with van der Waals surface area (Å²) in [6, 6.07) is 15.6. The Balaban J connectivity index is 0.00000420. The van der Waals surface area contributed by atoms with Crippen molar-refractivity contribution >= 4 is 41.8 Å². The number of aromatic nitrogens is 1. The quantitative estimate of drug-likeness (QED) is 0.293. The van der Waals surface area contributed by atoms with Crippen LogP contribution < -0.4 is 24.2 Å². The van der Waals surface area contributed by atoms with E-state index in [1.165, 1.54) is 11.8 Å². The molecule has 0 spiro atoms. The molecule has 0 saturated carbocycles. The fourth-order valence-corrected chi connectivity index (χ4v) is 4.40. The number of hydrogen-bond acceptors (Lipinski definition) is 6. The molecule has 9 heteroatoms. The van der Waals surface area contributed by atoms with Crippen LogP contribution >= 0.6 is 11.8 Å². The minimum atomic E-state index is -1.06. The van der Waals surface area contributed by atoms with E-state index >= 15 is 0 Å². The molecule has 0 bridgehead atoms. The number of esters is 1. The Kier molecular flexibility index (Phi) is 12.3. The van der Waals surface area contributed by atoms with Gasteiger partial charge in [0.2, 0.25) is 0 Å². The van der Waals surface area contributed by atoms with E-state index in [1.807, 2.05) is 49.6 Å². The van der Waals surface area contributed by atoms with Gasteiger partial charge in [0.1, 0.15) is 11.6 Å². The van der Waals surface area contributed by atoms with Crippen LogP contribution in [0.4, 0.5) is 0 Å². The van der Waals surface area contributed by atoms with Crippen molar-refractivity contribution in [1.29, 1.82) is 0 Å². The van der Waals surface area contributed by atoms with Gasteiger partial charge in [-0.2, -0.15) is 11.8 Å². The summed E-state index contributed by atoms with van der Waals surface area (Å²) in [5, 5.41) is 12.3. The first-order chi connectivity index (χ1) is 18.5. The molecule has 3 aromatic rings. The van der Waals surface area contributed by atoms with Gasteiger partial charge in [0.15, 0.2) is 5.69 Å². The molecule has 206 valence electrons. The van der Waals surface area contributed by atoms with E-state index in [9.17, 15) is 19.5 Å². The fraction of sp³-hybridized carbons (Fsp3) is 0.290. The van der Waals surface area contributed by atoms with Crippen molar-refractivity contribution in [2.45, 2.75) is 45.8 Å². The monoisotopic (exact) mass is 554 g/mol. The zero-order chi connectivity index (χ0) is 28.6. The van der Waals surface area contributed by atoms with E-state index in [1.54, 1.807) is 57.3 Å². The third-order valence-corrected chi connectivity index (χ3v) is 6.47. The van der Waals surface area contributed by atoms with Crippen molar-refractivity contribution in [3.05, 3.63) is 88.7 Å². The summed E-state index contributed by atoms with van der Waals surface area (Å²) in [5.41, 5.74) is 3.86. The van der Waals surface area contributed by atoms with Gasteiger partial charge in [-0.25, -0.2) is 14.6 Å². The maximum atomic E-state index is 13.3. The number of carbonyl (C=O) groups is 3. The van der Waals surface area contributed by atoms with Crippen molar-refractivity contribution in [2.75, 3.05) is 12.0 Å². The minimum absolute atomic E-state index is 0. The summed E-state index contributed by atoms with van der Waals surface area (Å²) in [7, 11) is 0. The smallest absolute Gasteiger partial charge is 1.00 e. The van der Waals surface area contributed by atoms with Crippen LogP contribution in [0.2, 0.25) is 0 Å². The number of rotatable bonds is 10. The first kappa shape index (κ1) is 32.9. The van der Waals surface area contributed by atoms with Gasteiger partial charge in [-0.15, -0.1) is 0 Å². The molecule has 0 saturated heterocycles. The summed E-state index contributed by atoms with van der Waals surface area (Å²) in [5.74, 6) is -1.40. The van der Waals surface area contributed by atoms with E-state index in [4.69, 9.17) is 4.74 Å². The van der Waals surface area contributed by atoms with Gasteiger partial charge in [-0.05, 0) is 86.6 Å². The van der Waals surface area contributed by atoms with Crippen LogP contribution in [0.3, 0.4) is 0 Å². The standard InChI is InChI=1S/C31H34N2O5S.Li.H/c1-20-9-6-7-11-23(20)25-19-21(13-15-24(25)28(34)33-26(29(35)36)16-18-39-5)12-14-22-10-8-17-32-27(22)30(37)38-31(2,3)4;;/h6-15,17,19,26H,16,18H2,1-5H3,(H,33,34)(H,35,36);;/q;+1;-1. The van der Waals surface area contributed by atoms with Gasteiger partial charge < -0.3 is 16.6 Å². The van der Waals surface area contributed by atoms with Gasteiger partial charge in [0.25, 0.3) is 5.91 Å². The number of carboxylic acids is 1. The topological polar surface area (TPSA) is 106 Å². The minimum Gasteiger partial charge on any atom is -1.00 e. The van der Waals surface area contributed by atoms with Gasteiger partial charge in [-0.3, -0.25) is 4.79 Å². The number of aliphatic carboxylic acids is 1. The Hall–Kier alpha value is -3.31. The first-order valence-corrected chi connectivity index (χ1v) is 14.0. The summed E-state index contributed by atoms with van der Waals surface area (Å²) in [4.78, 5) is 41.9. The number of nitrogens with one attached hydrogen (secondary N) is 1. The van der Waals surface area contributed by atoms with E-state index < -0.39 is 29.5 Å². The molecule has 1 aromatic heterocycles. The molecule has 40 heavy (non-hydrogen) atoms. The maximum absolute atomic E-state index is 13.3.